The van der Waals surface area contributed by atoms with Crippen molar-refractivity contribution in [2.24, 2.45) is 0 Å². The highest BCUT2D eigenvalue weighted by Gasteiger charge is 1.71. The van der Waals surface area contributed by atoms with Crippen LogP contribution in [0.25, 0.3) is 0 Å². The van der Waals surface area contributed by atoms with Crippen LogP contribution in [0.1, 0.15) is 0 Å². The predicted octanol–water partition coefficient (Wildman–Crippen LogP) is -0.729. The minimum Gasteiger partial charge on any atom is -0.277 e. The third kappa shape index (κ3) is 2.96. The van der Waals surface area contributed by atoms with Gasteiger partial charge in [-0.05, 0) is 0 Å². The lowest BCUT2D eigenvalue weighted by atomic mass is 10.7. The van der Waals surface area contributed by atoms with Gasteiger partial charge in [-0.1, -0.05) is 0 Å². The van der Waals surface area contributed by atoms with E-state index in [-0.39, 0.29) is 6.54 Å². The van der Waals surface area contributed by atoms with Gasteiger partial charge >= 0.3 is 0 Å². The second-order valence-corrected chi connectivity index (χ2v) is 0.604. The van der Waals surface area contributed by atoms with E-state index < -0.39 is 0 Å². The molecular weight excluding hydrogens is 80.0 g/mol. The lowest BCUT2D eigenvalue weighted by molar-refractivity contribution is -0.109. The van der Waals surface area contributed by atoms with Gasteiger partial charge in [-0.25, -0.2) is 5.32 Å². The van der Waals surface area contributed by atoms with E-state index in [1.54, 1.807) is 6.07 Å². The van der Waals surface area contributed by atoms with Crippen molar-refractivity contribution < 1.29 is 4.79 Å². The van der Waals surface area contributed by atoms with E-state index in [2.05, 4.69) is 5.32 Å². The zero-order valence-corrected chi connectivity index (χ0v) is 3.09. The first-order valence-electron chi connectivity index (χ1n) is 1.39. The summed E-state index contributed by atoms with van der Waals surface area (Å²) in [5.74, 6) is 0. The van der Waals surface area contributed by atoms with Crippen LogP contribution >= 0.6 is 0 Å². The first-order chi connectivity index (χ1) is 2.91. The average Bonchev–Trinajstić information content (AvgIpc) is 1.61. The zero-order valence-electron chi connectivity index (χ0n) is 3.09. The Morgan fingerprint density at radius 1 is 2.00 bits per heavy atom. The average molecular weight is 83.1 g/mol. The molecule has 0 unspecified atom stereocenters. The number of rotatable bonds is 2. The molecular formula is C3H3N2O. The van der Waals surface area contributed by atoms with Crippen LogP contribution in [0.5, 0.6) is 0 Å². The summed E-state index contributed by atoms with van der Waals surface area (Å²) >= 11 is 0. The fourth-order valence-corrected chi connectivity index (χ4v) is 0.0781. The van der Waals surface area contributed by atoms with Crippen molar-refractivity contribution in [3.8, 4) is 6.07 Å². The van der Waals surface area contributed by atoms with Gasteiger partial charge in [0.1, 0.15) is 6.54 Å². The van der Waals surface area contributed by atoms with Crippen LogP contribution in [0.2, 0.25) is 0 Å². The highest BCUT2D eigenvalue weighted by atomic mass is 16.1. The molecule has 31 valence electrons. The van der Waals surface area contributed by atoms with Crippen LogP contribution in [-0.2, 0) is 4.79 Å². The second-order valence-electron chi connectivity index (χ2n) is 0.604. The smallest absolute Gasteiger partial charge is 0.229 e. The van der Waals surface area contributed by atoms with Crippen molar-refractivity contribution >= 4 is 6.41 Å². The van der Waals surface area contributed by atoms with Gasteiger partial charge in [0.25, 0.3) is 0 Å². The van der Waals surface area contributed by atoms with Gasteiger partial charge in [-0.2, -0.15) is 5.26 Å². The van der Waals surface area contributed by atoms with Crippen molar-refractivity contribution in [2.75, 3.05) is 6.54 Å². The molecule has 0 spiro atoms. The van der Waals surface area contributed by atoms with E-state index in [0.717, 1.165) is 0 Å². The highest BCUT2D eigenvalue weighted by molar-refractivity contribution is 5.45. The van der Waals surface area contributed by atoms with Gasteiger partial charge in [-0.15, -0.1) is 0 Å². The van der Waals surface area contributed by atoms with Gasteiger partial charge in [0, 0.05) is 0 Å². The summed E-state index contributed by atoms with van der Waals surface area (Å²) in [7, 11) is 0. The number of nitrogens with zero attached hydrogens (tertiary/aromatic N) is 2. The summed E-state index contributed by atoms with van der Waals surface area (Å²) in [6, 6.07) is 1.67. The number of amides is 1. The molecule has 6 heavy (non-hydrogen) atoms. The fraction of sp³-hybridized carbons (Fsp3) is 0.333. The van der Waals surface area contributed by atoms with Gasteiger partial charge in [-0.3, -0.25) is 4.79 Å². The third-order valence-corrected chi connectivity index (χ3v) is 0.237. The maximum absolute atomic E-state index is 9.25. The van der Waals surface area contributed by atoms with Crippen LogP contribution < -0.4 is 5.32 Å². The van der Waals surface area contributed by atoms with Crippen LogP contribution in [0, 0.1) is 11.3 Å². The van der Waals surface area contributed by atoms with Crippen LogP contribution in [0.4, 0.5) is 0 Å². The molecule has 0 aliphatic heterocycles. The molecule has 0 fully saturated rings. The Kier molecular flexibility index (Phi) is 3.27. The summed E-state index contributed by atoms with van der Waals surface area (Å²) in [5.41, 5.74) is 0. The van der Waals surface area contributed by atoms with Gasteiger partial charge in [0.15, 0.2) is 0 Å². The van der Waals surface area contributed by atoms with E-state index in [1.807, 2.05) is 0 Å². The maximum atomic E-state index is 9.25. The molecule has 3 nitrogen and oxygen atoms in total. The topological polar surface area (TPSA) is 55.0 Å². The summed E-state index contributed by atoms with van der Waals surface area (Å²) in [6.07, 6.45) is 0.364. The van der Waals surface area contributed by atoms with E-state index in [9.17, 15) is 4.79 Å². The molecule has 0 aromatic rings. The minimum absolute atomic E-state index is 0.0243. The number of hydrogen-bond donors (Lipinski definition) is 0. The molecule has 1 radical (unpaired) electrons. The summed E-state index contributed by atoms with van der Waals surface area (Å²) < 4.78 is 0. The van der Waals surface area contributed by atoms with Crippen LogP contribution in [-0.4, -0.2) is 13.0 Å². The zero-order chi connectivity index (χ0) is 4.83. The second kappa shape index (κ2) is 3.96. The molecule has 0 rings (SSSR count). The van der Waals surface area contributed by atoms with E-state index >= 15 is 0 Å². The molecule has 0 bridgehead atoms. The maximum Gasteiger partial charge on any atom is 0.229 e. The van der Waals surface area contributed by atoms with Gasteiger partial charge < -0.3 is 0 Å². The molecule has 0 atom stereocenters. The molecule has 0 aromatic carbocycles. The van der Waals surface area contributed by atoms with Crippen molar-refractivity contribution in [3.63, 3.8) is 0 Å². The molecule has 0 aliphatic rings. The quantitative estimate of drug-likeness (QED) is 0.251. The van der Waals surface area contributed by atoms with Crippen LogP contribution in [0.3, 0.4) is 0 Å². The van der Waals surface area contributed by atoms with Crippen molar-refractivity contribution in [1.29, 1.82) is 5.26 Å². The highest BCUT2D eigenvalue weighted by Crippen LogP contribution is 1.45. The largest absolute Gasteiger partial charge is 0.277 e. The minimum atomic E-state index is -0.0243. The molecule has 0 aromatic heterocycles. The Balaban J connectivity index is 2.72. The summed E-state index contributed by atoms with van der Waals surface area (Å²) in [5, 5.41) is 10.7. The van der Waals surface area contributed by atoms with E-state index in [0.29, 0.717) is 6.41 Å². The molecule has 0 heterocycles. The number of carbonyl (C=O) groups is 1. The van der Waals surface area contributed by atoms with Crippen molar-refractivity contribution in [1.82, 2.24) is 5.32 Å². The first kappa shape index (κ1) is 4.96. The molecule has 0 saturated heterocycles. The molecule has 0 saturated carbocycles. The standard InChI is InChI=1S/C3H3N2O/c4-1-2-5-3-6/h3H,2H2. The van der Waals surface area contributed by atoms with Crippen LogP contribution in [0.15, 0.2) is 0 Å². The third-order valence-electron chi connectivity index (χ3n) is 0.237. The fourth-order valence-electron chi connectivity index (χ4n) is 0.0781. The summed E-state index contributed by atoms with van der Waals surface area (Å²) in [6.45, 7) is -0.0243. The number of hydrogen-bond acceptors (Lipinski definition) is 2. The Labute approximate surface area is 35.6 Å². The monoisotopic (exact) mass is 83.0 g/mol. The SMILES string of the molecule is N#CC[N]C=O. The lowest BCUT2D eigenvalue weighted by Gasteiger charge is -1.70. The normalized spacial score (nSPS) is 5.83. The van der Waals surface area contributed by atoms with Gasteiger partial charge in [0.05, 0.1) is 6.07 Å². The Hall–Kier alpha value is -1.04. The molecule has 3 heteroatoms. The van der Waals surface area contributed by atoms with Gasteiger partial charge in [0.2, 0.25) is 6.41 Å². The molecule has 0 N–H and O–H groups in total. The number of nitriles is 1. The number of carbonyl (C=O) groups excluding carboxylic acids is 1. The van der Waals surface area contributed by atoms with Crippen molar-refractivity contribution in [3.05, 3.63) is 0 Å². The van der Waals surface area contributed by atoms with Crippen molar-refractivity contribution in [2.45, 2.75) is 0 Å². The predicted molar refractivity (Wildman–Crippen MR) is 18.7 cm³/mol. The summed E-state index contributed by atoms with van der Waals surface area (Å²) in [4.78, 5) is 9.25. The molecule has 1 amide bonds. The lowest BCUT2D eigenvalue weighted by Crippen LogP contribution is -1.99. The van der Waals surface area contributed by atoms with E-state index in [4.69, 9.17) is 5.26 Å². The Bertz CT molecular complexity index is 73.4. The molecule has 0 aliphatic carbocycles. The van der Waals surface area contributed by atoms with E-state index in [1.165, 1.54) is 0 Å². The Morgan fingerprint density at radius 3 is 2.83 bits per heavy atom. The first-order valence-corrected chi connectivity index (χ1v) is 1.39. The Morgan fingerprint density at radius 2 is 2.67 bits per heavy atom.